The summed E-state index contributed by atoms with van der Waals surface area (Å²) in [6, 6.07) is 7.50. The van der Waals surface area contributed by atoms with Gasteiger partial charge in [-0.1, -0.05) is 19.4 Å². The first-order chi connectivity index (χ1) is 7.22. The van der Waals surface area contributed by atoms with Crippen LogP contribution in [0.1, 0.15) is 19.0 Å². The number of aryl methyl sites for hydroxylation is 1. The summed E-state index contributed by atoms with van der Waals surface area (Å²) in [5.41, 5.74) is 2.11. The largest absolute Gasteiger partial charge is 0.357 e. The second-order valence-corrected chi connectivity index (χ2v) is 4.73. The fourth-order valence-electron chi connectivity index (χ4n) is 1.69. The molecular formula is C12H12INO. The predicted octanol–water partition coefficient (Wildman–Crippen LogP) is 3.09. The Hall–Kier alpha value is -0.840. The molecular weight excluding hydrogens is 301 g/mol. The van der Waals surface area contributed by atoms with Gasteiger partial charge in [0.25, 0.3) is 0 Å². The maximum atomic E-state index is 11.8. The van der Waals surface area contributed by atoms with Crippen LogP contribution in [0.25, 0.3) is 10.9 Å². The summed E-state index contributed by atoms with van der Waals surface area (Å²) in [6.45, 7) is 2.11. The molecule has 0 aliphatic carbocycles. The first kappa shape index (κ1) is 10.7. The van der Waals surface area contributed by atoms with E-state index in [1.807, 2.05) is 18.2 Å². The van der Waals surface area contributed by atoms with Crippen molar-refractivity contribution in [3.05, 3.63) is 43.8 Å². The average molecular weight is 313 g/mol. The van der Waals surface area contributed by atoms with Crippen LogP contribution in [-0.4, -0.2) is 4.98 Å². The van der Waals surface area contributed by atoms with Crippen molar-refractivity contribution in [2.45, 2.75) is 19.8 Å². The zero-order valence-electron chi connectivity index (χ0n) is 8.51. The Morgan fingerprint density at radius 3 is 2.93 bits per heavy atom. The van der Waals surface area contributed by atoms with Gasteiger partial charge in [0, 0.05) is 20.7 Å². The molecule has 2 aromatic rings. The zero-order chi connectivity index (χ0) is 10.8. The van der Waals surface area contributed by atoms with E-state index in [9.17, 15) is 4.79 Å². The van der Waals surface area contributed by atoms with Crippen LogP contribution in [0.5, 0.6) is 0 Å². The van der Waals surface area contributed by atoms with Crippen molar-refractivity contribution in [3.63, 3.8) is 0 Å². The summed E-state index contributed by atoms with van der Waals surface area (Å²) >= 11 is 2.25. The first-order valence-corrected chi connectivity index (χ1v) is 6.10. The lowest BCUT2D eigenvalue weighted by Crippen LogP contribution is -2.05. The van der Waals surface area contributed by atoms with Crippen molar-refractivity contribution in [3.8, 4) is 0 Å². The quantitative estimate of drug-likeness (QED) is 0.849. The summed E-state index contributed by atoms with van der Waals surface area (Å²) in [5.74, 6) is 0. The molecule has 78 valence electrons. The van der Waals surface area contributed by atoms with Crippen LogP contribution >= 0.6 is 22.6 Å². The van der Waals surface area contributed by atoms with Crippen LogP contribution in [0.4, 0.5) is 0 Å². The van der Waals surface area contributed by atoms with E-state index in [1.54, 1.807) is 6.07 Å². The molecule has 2 nitrogen and oxygen atoms in total. The Morgan fingerprint density at radius 1 is 1.40 bits per heavy atom. The highest BCUT2D eigenvalue weighted by molar-refractivity contribution is 14.1. The van der Waals surface area contributed by atoms with Crippen LogP contribution in [0.3, 0.4) is 0 Å². The first-order valence-electron chi connectivity index (χ1n) is 5.03. The number of H-pyrrole nitrogens is 1. The van der Waals surface area contributed by atoms with Gasteiger partial charge in [-0.05, 0) is 41.1 Å². The lowest BCUT2D eigenvalue weighted by Gasteiger charge is -2.04. The van der Waals surface area contributed by atoms with Crippen molar-refractivity contribution < 1.29 is 0 Å². The van der Waals surface area contributed by atoms with Crippen LogP contribution in [0.2, 0.25) is 0 Å². The van der Waals surface area contributed by atoms with Crippen molar-refractivity contribution in [2.75, 3.05) is 0 Å². The minimum Gasteiger partial charge on any atom is -0.357 e. The SMILES string of the molecule is CCCc1cc(=O)c2cccc(I)c2[nH]1. The number of aromatic nitrogens is 1. The predicted molar refractivity (Wildman–Crippen MR) is 71.3 cm³/mol. The van der Waals surface area contributed by atoms with Crippen LogP contribution in [0, 0.1) is 3.57 Å². The third-order valence-corrected chi connectivity index (χ3v) is 3.29. The van der Waals surface area contributed by atoms with Crippen molar-refractivity contribution >= 4 is 33.5 Å². The number of nitrogens with one attached hydrogen (secondary N) is 1. The fraction of sp³-hybridized carbons (Fsp3) is 0.250. The Labute approximate surface area is 102 Å². The van der Waals surface area contributed by atoms with E-state index in [1.165, 1.54) is 0 Å². The molecule has 2 rings (SSSR count). The van der Waals surface area contributed by atoms with E-state index >= 15 is 0 Å². The van der Waals surface area contributed by atoms with E-state index in [4.69, 9.17) is 0 Å². The zero-order valence-corrected chi connectivity index (χ0v) is 10.7. The molecule has 0 aliphatic rings. The van der Waals surface area contributed by atoms with Gasteiger partial charge >= 0.3 is 0 Å². The molecule has 15 heavy (non-hydrogen) atoms. The number of benzene rings is 1. The van der Waals surface area contributed by atoms with Crippen molar-refractivity contribution in [1.29, 1.82) is 0 Å². The Kier molecular flexibility index (Phi) is 3.09. The monoisotopic (exact) mass is 313 g/mol. The molecule has 0 radical (unpaired) electrons. The number of hydrogen-bond donors (Lipinski definition) is 1. The van der Waals surface area contributed by atoms with Gasteiger partial charge in [0.1, 0.15) is 0 Å². The van der Waals surface area contributed by atoms with E-state index in [-0.39, 0.29) is 5.43 Å². The Morgan fingerprint density at radius 2 is 2.20 bits per heavy atom. The van der Waals surface area contributed by atoms with Gasteiger partial charge in [-0.15, -0.1) is 0 Å². The highest BCUT2D eigenvalue weighted by Crippen LogP contribution is 2.16. The number of para-hydroxylation sites is 1. The maximum absolute atomic E-state index is 11.8. The molecule has 0 bridgehead atoms. The molecule has 1 N–H and O–H groups in total. The Balaban J connectivity index is 2.74. The third kappa shape index (κ3) is 2.07. The molecule has 0 saturated carbocycles. The van der Waals surface area contributed by atoms with Gasteiger partial charge in [-0.3, -0.25) is 4.79 Å². The van der Waals surface area contributed by atoms with Gasteiger partial charge in [0.2, 0.25) is 0 Å². The van der Waals surface area contributed by atoms with Gasteiger partial charge in [0.15, 0.2) is 5.43 Å². The number of halogens is 1. The smallest absolute Gasteiger partial charge is 0.189 e. The minimum atomic E-state index is 0.116. The molecule has 1 heterocycles. The molecule has 1 aromatic carbocycles. The average Bonchev–Trinajstić information content (AvgIpc) is 2.20. The maximum Gasteiger partial charge on any atom is 0.189 e. The summed E-state index contributed by atoms with van der Waals surface area (Å²) < 4.78 is 1.10. The molecule has 0 amide bonds. The Bertz CT molecular complexity index is 545. The summed E-state index contributed by atoms with van der Waals surface area (Å²) in [5, 5.41) is 0.779. The number of hydrogen-bond acceptors (Lipinski definition) is 1. The molecule has 3 heteroatoms. The number of pyridine rings is 1. The van der Waals surface area contributed by atoms with Crippen LogP contribution in [-0.2, 0) is 6.42 Å². The van der Waals surface area contributed by atoms with Gasteiger partial charge in [0.05, 0.1) is 5.52 Å². The lowest BCUT2D eigenvalue weighted by molar-refractivity contribution is 0.888. The van der Waals surface area contributed by atoms with Gasteiger partial charge in [-0.2, -0.15) is 0 Å². The molecule has 0 aliphatic heterocycles. The summed E-state index contributed by atoms with van der Waals surface area (Å²) in [6.07, 6.45) is 1.97. The number of rotatable bonds is 2. The van der Waals surface area contributed by atoms with E-state index < -0.39 is 0 Å². The van der Waals surface area contributed by atoms with E-state index in [0.717, 1.165) is 33.0 Å². The summed E-state index contributed by atoms with van der Waals surface area (Å²) in [7, 11) is 0. The molecule has 0 fully saturated rings. The highest BCUT2D eigenvalue weighted by Gasteiger charge is 2.03. The summed E-state index contributed by atoms with van der Waals surface area (Å²) in [4.78, 5) is 15.1. The van der Waals surface area contributed by atoms with Gasteiger partial charge < -0.3 is 4.98 Å². The van der Waals surface area contributed by atoms with Crippen LogP contribution < -0.4 is 5.43 Å². The van der Waals surface area contributed by atoms with E-state index in [2.05, 4.69) is 34.5 Å². The molecule has 0 atom stereocenters. The molecule has 0 unspecified atom stereocenters. The fourth-order valence-corrected chi connectivity index (χ4v) is 2.33. The number of fused-ring (bicyclic) bond motifs is 1. The molecule has 1 aromatic heterocycles. The normalized spacial score (nSPS) is 10.8. The third-order valence-electron chi connectivity index (χ3n) is 2.39. The second-order valence-electron chi connectivity index (χ2n) is 3.57. The van der Waals surface area contributed by atoms with Crippen molar-refractivity contribution in [2.24, 2.45) is 0 Å². The second kappa shape index (κ2) is 4.35. The number of aromatic amines is 1. The highest BCUT2D eigenvalue weighted by atomic mass is 127. The van der Waals surface area contributed by atoms with Crippen LogP contribution in [0.15, 0.2) is 29.1 Å². The minimum absolute atomic E-state index is 0.116. The standard InChI is InChI=1S/C12H12INO/c1-2-4-8-7-11(15)9-5-3-6-10(13)12(9)14-8/h3,5-7H,2,4H2,1H3,(H,14,15). The van der Waals surface area contributed by atoms with Crippen molar-refractivity contribution in [1.82, 2.24) is 4.98 Å². The van der Waals surface area contributed by atoms with Gasteiger partial charge in [-0.25, -0.2) is 0 Å². The van der Waals surface area contributed by atoms with E-state index in [0.29, 0.717) is 0 Å². The lowest BCUT2D eigenvalue weighted by atomic mass is 10.1. The topological polar surface area (TPSA) is 32.9 Å². The molecule has 0 spiro atoms. The molecule has 0 saturated heterocycles.